The molecule has 0 aliphatic heterocycles. The zero-order valence-electron chi connectivity index (χ0n) is 11.1. The fraction of sp³-hybridized carbons (Fsp3) is 0.214. The largest absolute Gasteiger partial charge is 0.386 e. The number of anilines is 1. The number of methoxy groups -OCH3 is 1. The molecule has 6 heteroatoms. The van der Waals surface area contributed by atoms with Gasteiger partial charge in [-0.05, 0) is 33.2 Å². The Morgan fingerprint density at radius 2 is 2.10 bits per heavy atom. The van der Waals surface area contributed by atoms with Gasteiger partial charge in [0.15, 0.2) is 0 Å². The van der Waals surface area contributed by atoms with Gasteiger partial charge in [0.05, 0.1) is 6.61 Å². The molecule has 2 rings (SSSR count). The molecule has 0 spiro atoms. The maximum atomic E-state index is 10.9. The summed E-state index contributed by atoms with van der Waals surface area (Å²) >= 11 is 0. The molecule has 20 heavy (non-hydrogen) atoms. The average Bonchev–Trinajstić information content (AvgIpc) is 2.46. The highest BCUT2D eigenvalue weighted by Crippen LogP contribution is 2.21. The van der Waals surface area contributed by atoms with Gasteiger partial charge in [-0.1, -0.05) is 24.3 Å². The average molecular weight is 273 g/mol. The first-order chi connectivity index (χ1) is 9.70. The summed E-state index contributed by atoms with van der Waals surface area (Å²) in [5.41, 5.74) is 2.50. The second kappa shape index (κ2) is 6.63. The second-order valence-electron chi connectivity index (χ2n) is 4.24. The van der Waals surface area contributed by atoms with E-state index in [1.807, 2.05) is 24.3 Å². The Hall–Kier alpha value is -2.47. The first-order valence-electron chi connectivity index (χ1n) is 6.10. The number of ether oxygens (including phenoxy) is 1. The van der Waals surface area contributed by atoms with Crippen molar-refractivity contribution in [2.45, 2.75) is 13.2 Å². The molecule has 0 fully saturated rings. The predicted molar refractivity (Wildman–Crippen MR) is 75.4 cm³/mol. The van der Waals surface area contributed by atoms with Gasteiger partial charge in [0.1, 0.15) is 11.9 Å². The van der Waals surface area contributed by atoms with E-state index in [1.165, 1.54) is 6.20 Å². The lowest BCUT2D eigenvalue weighted by molar-refractivity contribution is -0.388. The lowest BCUT2D eigenvalue weighted by Crippen LogP contribution is -2.04. The van der Waals surface area contributed by atoms with Crippen LogP contribution < -0.4 is 5.32 Å². The van der Waals surface area contributed by atoms with Crippen LogP contribution in [0.25, 0.3) is 0 Å². The van der Waals surface area contributed by atoms with Crippen molar-refractivity contribution in [1.82, 2.24) is 4.98 Å². The van der Waals surface area contributed by atoms with Gasteiger partial charge < -0.3 is 20.2 Å². The first kappa shape index (κ1) is 14.0. The van der Waals surface area contributed by atoms with Crippen LogP contribution in [0.3, 0.4) is 0 Å². The summed E-state index contributed by atoms with van der Waals surface area (Å²) in [6.45, 7) is 1.03. The van der Waals surface area contributed by atoms with Gasteiger partial charge in [-0.15, -0.1) is 0 Å². The van der Waals surface area contributed by atoms with Crippen molar-refractivity contribution < 1.29 is 9.66 Å². The predicted octanol–water partition coefficient (Wildman–Crippen LogP) is 2.75. The zero-order valence-corrected chi connectivity index (χ0v) is 11.1. The Balaban J connectivity index is 2.09. The number of nitro groups is 1. The first-order valence-corrected chi connectivity index (χ1v) is 6.10. The minimum Gasteiger partial charge on any atom is -0.380 e. The number of aromatic nitrogens is 1. The number of pyridine rings is 1. The summed E-state index contributed by atoms with van der Waals surface area (Å²) in [4.78, 5) is 14.1. The van der Waals surface area contributed by atoms with Crippen molar-refractivity contribution in [2.75, 3.05) is 12.4 Å². The molecule has 0 atom stereocenters. The minimum absolute atomic E-state index is 0.166. The fourth-order valence-corrected chi connectivity index (χ4v) is 1.87. The molecule has 0 saturated heterocycles. The monoisotopic (exact) mass is 273 g/mol. The van der Waals surface area contributed by atoms with Crippen LogP contribution in [0.15, 0.2) is 42.6 Å². The topological polar surface area (TPSA) is 77.3 Å². The summed E-state index contributed by atoms with van der Waals surface area (Å²) < 4.78 is 5.08. The van der Waals surface area contributed by atoms with Crippen LogP contribution in [0.4, 0.5) is 11.5 Å². The molecule has 2 aromatic rings. The van der Waals surface area contributed by atoms with E-state index < -0.39 is 4.92 Å². The van der Waals surface area contributed by atoms with E-state index in [4.69, 9.17) is 4.74 Å². The Kier molecular flexibility index (Phi) is 4.62. The summed E-state index contributed by atoms with van der Waals surface area (Å²) in [5, 5.41) is 13.9. The molecule has 104 valence electrons. The fourth-order valence-electron chi connectivity index (χ4n) is 1.87. The van der Waals surface area contributed by atoms with Crippen LogP contribution in [-0.2, 0) is 17.9 Å². The van der Waals surface area contributed by atoms with Crippen LogP contribution in [-0.4, -0.2) is 17.0 Å². The van der Waals surface area contributed by atoms with Gasteiger partial charge in [-0.3, -0.25) is 0 Å². The van der Waals surface area contributed by atoms with E-state index in [9.17, 15) is 10.1 Å². The Bertz CT molecular complexity index is 602. The highest BCUT2D eigenvalue weighted by Gasteiger charge is 2.13. The molecule has 6 nitrogen and oxygen atoms in total. The second-order valence-corrected chi connectivity index (χ2v) is 4.24. The molecule has 1 heterocycles. The smallest absolute Gasteiger partial charge is 0.380 e. The van der Waals surface area contributed by atoms with Crippen LogP contribution >= 0.6 is 0 Å². The highest BCUT2D eigenvalue weighted by atomic mass is 16.6. The third kappa shape index (κ3) is 3.52. The van der Waals surface area contributed by atoms with Crippen molar-refractivity contribution in [1.29, 1.82) is 0 Å². The summed E-state index contributed by atoms with van der Waals surface area (Å²) in [7, 11) is 1.64. The molecule has 0 aliphatic carbocycles. The Labute approximate surface area is 116 Å². The van der Waals surface area contributed by atoms with Gasteiger partial charge in [-0.2, -0.15) is 0 Å². The number of hydrogen-bond donors (Lipinski definition) is 1. The van der Waals surface area contributed by atoms with Gasteiger partial charge in [0.25, 0.3) is 0 Å². The van der Waals surface area contributed by atoms with Crippen molar-refractivity contribution in [3.63, 3.8) is 0 Å². The van der Waals surface area contributed by atoms with E-state index >= 15 is 0 Å². The maximum Gasteiger partial charge on any atom is 0.386 e. The summed E-state index contributed by atoms with van der Waals surface area (Å²) in [6, 6.07) is 11.2. The molecule has 0 unspecified atom stereocenters. The zero-order chi connectivity index (χ0) is 14.4. The molecule has 1 aromatic carbocycles. The summed E-state index contributed by atoms with van der Waals surface area (Å²) in [6.07, 6.45) is 1.41. The van der Waals surface area contributed by atoms with Gasteiger partial charge >= 0.3 is 5.82 Å². The quantitative estimate of drug-likeness (QED) is 0.646. The van der Waals surface area contributed by atoms with Crippen LogP contribution in [0.5, 0.6) is 0 Å². The third-order valence-corrected chi connectivity index (χ3v) is 2.74. The Morgan fingerprint density at radius 3 is 2.85 bits per heavy atom. The lowest BCUT2D eigenvalue weighted by atomic mass is 10.1. The van der Waals surface area contributed by atoms with Crippen LogP contribution in [0, 0.1) is 10.1 Å². The third-order valence-electron chi connectivity index (χ3n) is 2.74. The van der Waals surface area contributed by atoms with Crippen LogP contribution in [0.2, 0.25) is 0 Å². The number of benzene rings is 1. The SMILES string of the molecule is COCc1cccc(CNc2cccnc2[N+](=O)[O-])c1. The molecule has 0 bridgehead atoms. The number of nitrogens with one attached hydrogen (secondary N) is 1. The number of rotatable bonds is 6. The molecule has 0 saturated carbocycles. The molecular formula is C14H15N3O3. The normalized spacial score (nSPS) is 10.2. The molecular weight excluding hydrogens is 258 g/mol. The lowest BCUT2D eigenvalue weighted by Gasteiger charge is -2.08. The van der Waals surface area contributed by atoms with Crippen LogP contribution in [0.1, 0.15) is 11.1 Å². The van der Waals surface area contributed by atoms with Gasteiger partial charge in [-0.25, -0.2) is 0 Å². The van der Waals surface area contributed by atoms with E-state index in [2.05, 4.69) is 10.3 Å². The summed E-state index contributed by atoms with van der Waals surface area (Å²) in [5.74, 6) is -0.166. The van der Waals surface area contributed by atoms with E-state index in [-0.39, 0.29) is 5.82 Å². The van der Waals surface area contributed by atoms with Crippen molar-refractivity contribution >= 4 is 11.5 Å². The highest BCUT2D eigenvalue weighted by molar-refractivity contribution is 5.56. The molecule has 1 N–H and O–H groups in total. The molecule has 0 radical (unpaired) electrons. The molecule has 0 amide bonds. The number of hydrogen-bond acceptors (Lipinski definition) is 5. The maximum absolute atomic E-state index is 10.9. The van der Waals surface area contributed by atoms with E-state index in [0.29, 0.717) is 18.8 Å². The minimum atomic E-state index is -0.496. The van der Waals surface area contributed by atoms with E-state index in [0.717, 1.165) is 11.1 Å². The van der Waals surface area contributed by atoms with Gasteiger partial charge in [0, 0.05) is 13.7 Å². The van der Waals surface area contributed by atoms with Crippen molar-refractivity contribution in [2.24, 2.45) is 0 Å². The molecule has 0 aliphatic rings. The Morgan fingerprint density at radius 1 is 1.30 bits per heavy atom. The number of nitrogens with zero attached hydrogens (tertiary/aromatic N) is 2. The van der Waals surface area contributed by atoms with E-state index in [1.54, 1.807) is 19.2 Å². The van der Waals surface area contributed by atoms with Gasteiger partial charge in [0.2, 0.25) is 0 Å². The van der Waals surface area contributed by atoms with Crippen molar-refractivity contribution in [3.8, 4) is 0 Å². The molecule has 1 aromatic heterocycles. The standard InChI is InChI=1S/C14H15N3O3/c1-20-10-12-5-2-4-11(8-12)9-16-13-6-3-7-15-14(13)17(18)19/h2-8,16H,9-10H2,1H3. The van der Waals surface area contributed by atoms with Crippen molar-refractivity contribution in [3.05, 3.63) is 63.8 Å².